The van der Waals surface area contributed by atoms with Crippen molar-refractivity contribution in [3.63, 3.8) is 0 Å². The van der Waals surface area contributed by atoms with Crippen molar-refractivity contribution in [2.75, 3.05) is 0 Å². The third-order valence-electron chi connectivity index (χ3n) is 3.16. The molecule has 1 rings (SSSR count). The number of benzene rings is 1. The number of carboxylic acids is 1. The minimum absolute atomic E-state index is 0.108. The molecule has 0 amide bonds. The minimum atomic E-state index is -0.770. The fraction of sp³-hybridized carbons (Fsp3) is 0.500. The van der Waals surface area contributed by atoms with E-state index < -0.39 is 5.97 Å². The average Bonchev–Trinajstić information content (AvgIpc) is 2.15. The van der Waals surface area contributed by atoms with Gasteiger partial charge in [-0.15, -0.1) is 0 Å². The highest BCUT2D eigenvalue weighted by Crippen LogP contribution is 2.36. The standard InChI is InChI=1S/C14H20O2/c1-10(14(2,3)4)12-8-6-5-7-11(12)9-13(15)16/h5-8,10H,9H2,1-4H3,(H,15,16). The van der Waals surface area contributed by atoms with Crippen LogP contribution in [0.2, 0.25) is 0 Å². The molecule has 0 saturated carbocycles. The van der Waals surface area contributed by atoms with Gasteiger partial charge in [0, 0.05) is 0 Å². The molecule has 0 fully saturated rings. The predicted octanol–water partition coefficient (Wildman–Crippen LogP) is 3.46. The first-order chi connectivity index (χ1) is 7.32. The number of carbonyl (C=O) groups is 1. The summed E-state index contributed by atoms with van der Waals surface area (Å²) in [6, 6.07) is 7.82. The Morgan fingerprint density at radius 1 is 1.31 bits per heavy atom. The largest absolute Gasteiger partial charge is 0.481 e. The molecule has 1 aromatic rings. The SMILES string of the molecule is CC(c1ccccc1CC(=O)O)C(C)(C)C. The molecule has 2 nitrogen and oxygen atoms in total. The molecule has 0 aliphatic rings. The van der Waals surface area contributed by atoms with E-state index in [1.165, 1.54) is 0 Å². The van der Waals surface area contributed by atoms with E-state index in [-0.39, 0.29) is 11.8 Å². The lowest BCUT2D eigenvalue weighted by atomic mass is 9.76. The van der Waals surface area contributed by atoms with Gasteiger partial charge >= 0.3 is 5.97 Å². The summed E-state index contributed by atoms with van der Waals surface area (Å²) in [5.74, 6) is -0.420. The molecule has 16 heavy (non-hydrogen) atoms. The van der Waals surface area contributed by atoms with Crippen LogP contribution in [-0.2, 0) is 11.2 Å². The van der Waals surface area contributed by atoms with Crippen LogP contribution in [0.4, 0.5) is 0 Å². The van der Waals surface area contributed by atoms with Crippen LogP contribution in [0, 0.1) is 5.41 Å². The van der Waals surface area contributed by atoms with Gasteiger partial charge in [0.1, 0.15) is 0 Å². The lowest BCUT2D eigenvalue weighted by Gasteiger charge is -2.29. The monoisotopic (exact) mass is 220 g/mol. The second-order valence-electron chi connectivity index (χ2n) is 5.36. The highest BCUT2D eigenvalue weighted by molar-refractivity contribution is 5.70. The van der Waals surface area contributed by atoms with Crippen molar-refractivity contribution in [2.24, 2.45) is 5.41 Å². The third kappa shape index (κ3) is 3.09. The molecule has 0 aliphatic heterocycles. The number of carboxylic acid groups (broad SMARTS) is 1. The summed E-state index contributed by atoms with van der Waals surface area (Å²) >= 11 is 0. The van der Waals surface area contributed by atoms with Crippen molar-refractivity contribution < 1.29 is 9.90 Å². The molecule has 0 aromatic heterocycles. The van der Waals surface area contributed by atoms with Crippen LogP contribution in [0.15, 0.2) is 24.3 Å². The van der Waals surface area contributed by atoms with Crippen LogP contribution in [0.5, 0.6) is 0 Å². The van der Waals surface area contributed by atoms with Gasteiger partial charge in [-0.05, 0) is 22.5 Å². The van der Waals surface area contributed by atoms with Gasteiger partial charge in [0.25, 0.3) is 0 Å². The maximum absolute atomic E-state index is 10.8. The Morgan fingerprint density at radius 2 is 1.88 bits per heavy atom. The van der Waals surface area contributed by atoms with Gasteiger partial charge in [0.05, 0.1) is 6.42 Å². The predicted molar refractivity (Wildman–Crippen MR) is 65.7 cm³/mol. The van der Waals surface area contributed by atoms with Crippen molar-refractivity contribution in [1.82, 2.24) is 0 Å². The van der Waals surface area contributed by atoms with Gasteiger partial charge in [-0.1, -0.05) is 52.0 Å². The minimum Gasteiger partial charge on any atom is -0.481 e. The molecule has 0 bridgehead atoms. The third-order valence-corrected chi connectivity index (χ3v) is 3.16. The van der Waals surface area contributed by atoms with E-state index in [2.05, 4.69) is 27.7 Å². The van der Waals surface area contributed by atoms with Crippen LogP contribution < -0.4 is 0 Å². The van der Waals surface area contributed by atoms with Gasteiger partial charge in [-0.3, -0.25) is 4.79 Å². The fourth-order valence-electron chi connectivity index (χ4n) is 1.75. The van der Waals surface area contributed by atoms with E-state index in [9.17, 15) is 4.79 Å². The Labute approximate surface area is 97.3 Å². The lowest BCUT2D eigenvalue weighted by Crippen LogP contribution is -2.17. The van der Waals surface area contributed by atoms with Gasteiger partial charge < -0.3 is 5.11 Å². The van der Waals surface area contributed by atoms with Crippen LogP contribution in [-0.4, -0.2) is 11.1 Å². The smallest absolute Gasteiger partial charge is 0.307 e. The number of aliphatic carboxylic acids is 1. The Hall–Kier alpha value is -1.31. The first kappa shape index (κ1) is 12.8. The molecule has 1 atom stereocenters. The van der Waals surface area contributed by atoms with Crippen LogP contribution in [0.3, 0.4) is 0 Å². The topological polar surface area (TPSA) is 37.3 Å². The number of hydrogen-bond donors (Lipinski definition) is 1. The van der Waals surface area contributed by atoms with Crippen molar-refractivity contribution in [2.45, 2.75) is 40.0 Å². The molecule has 0 aliphatic carbocycles. The van der Waals surface area contributed by atoms with Crippen molar-refractivity contribution in [1.29, 1.82) is 0 Å². The lowest BCUT2D eigenvalue weighted by molar-refractivity contribution is -0.136. The number of rotatable bonds is 3. The molecule has 0 radical (unpaired) electrons. The zero-order valence-electron chi connectivity index (χ0n) is 10.4. The van der Waals surface area contributed by atoms with E-state index in [4.69, 9.17) is 5.11 Å². The molecular formula is C14H20O2. The van der Waals surface area contributed by atoms with Crippen LogP contribution in [0.1, 0.15) is 44.7 Å². The van der Waals surface area contributed by atoms with Gasteiger partial charge in [-0.2, -0.15) is 0 Å². The summed E-state index contributed by atoms with van der Waals surface area (Å²) in [5, 5.41) is 8.88. The van der Waals surface area contributed by atoms with Crippen LogP contribution >= 0.6 is 0 Å². The maximum atomic E-state index is 10.8. The summed E-state index contributed by atoms with van der Waals surface area (Å²) in [6.45, 7) is 8.68. The van der Waals surface area contributed by atoms with E-state index in [0.29, 0.717) is 5.92 Å². The van der Waals surface area contributed by atoms with Crippen molar-refractivity contribution in [3.05, 3.63) is 35.4 Å². The Kier molecular flexibility index (Phi) is 3.74. The molecule has 0 saturated heterocycles. The van der Waals surface area contributed by atoms with E-state index in [0.717, 1.165) is 11.1 Å². The van der Waals surface area contributed by atoms with E-state index in [1.807, 2.05) is 24.3 Å². The van der Waals surface area contributed by atoms with Gasteiger partial charge in [-0.25, -0.2) is 0 Å². The summed E-state index contributed by atoms with van der Waals surface area (Å²) in [7, 11) is 0. The highest BCUT2D eigenvalue weighted by Gasteiger charge is 2.23. The Balaban J connectivity index is 3.08. The van der Waals surface area contributed by atoms with E-state index >= 15 is 0 Å². The van der Waals surface area contributed by atoms with Crippen molar-refractivity contribution in [3.8, 4) is 0 Å². The van der Waals surface area contributed by atoms with Gasteiger partial charge in [0.15, 0.2) is 0 Å². The highest BCUT2D eigenvalue weighted by atomic mass is 16.4. The first-order valence-corrected chi connectivity index (χ1v) is 5.62. The molecule has 1 aromatic carbocycles. The second-order valence-corrected chi connectivity index (χ2v) is 5.36. The number of hydrogen-bond acceptors (Lipinski definition) is 1. The summed E-state index contributed by atoms with van der Waals surface area (Å²) in [4.78, 5) is 10.8. The summed E-state index contributed by atoms with van der Waals surface area (Å²) in [6.07, 6.45) is 0.108. The molecule has 1 unspecified atom stereocenters. The molecule has 0 spiro atoms. The molecule has 2 heteroatoms. The molecule has 0 heterocycles. The maximum Gasteiger partial charge on any atom is 0.307 e. The summed E-state index contributed by atoms with van der Waals surface area (Å²) in [5.41, 5.74) is 2.23. The normalized spacial score (nSPS) is 13.5. The Bertz CT molecular complexity index is 375. The fourth-order valence-corrected chi connectivity index (χ4v) is 1.75. The van der Waals surface area contributed by atoms with Crippen molar-refractivity contribution >= 4 is 5.97 Å². The Morgan fingerprint density at radius 3 is 2.38 bits per heavy atom. The second kappa shape index (κ2) is 4.69. The zero-order valence-corrected chi connectivity index (χ0v) is 10.4. The quantitative estimate of drug-likeness (QED) is 0.847. The van der Waals surface area contributed by atoms with E-state index in [1.54, 1.807) is 0 Å². The molecular weight excluding hydrogens is 200 g/mol. The zero-order chi connectivity index (χ0) is 12.3. The summed E-state index contributed by atoms with van der Waals surface area (Å²) < 4.78 is 0. The molecule has 1 N–H and O–H groups in total. The van der Waals surface area contributed by atoms with Gasteiger partial charge in [0.2, 0.25) is 0 Å². The van der Waals surface area contributed by atoms with Crippen LogP contribution in [0.25, 0.3) is 0 Å². The molecule has 88 valence electrons. The average molecular weight is 220 g/mol. The first-order valence-electron chi connectivity index (χ1n) is 5.62.